The van der Waals surface area contributed by atoms with Gasteiger partial charge in [0.25, 0.3) is 0 Å². The first-order valence-electron chi connectivity index (χ1n) is 6.83. The summed E-state index contributed by atoms with van der Waals surface area (Å²) in [5, 5.41) is 13.0. The summed E-state index contributed by atoms with van der Waals surface area (Å²) >= 11 is 6.11. The number of benzene rings is 1. The Hall–Kier alpha value is -0.760. The van der Waals surface area contributed by atoms with Gasteiger partial charge in [-0.25, -0.2) is 0 Å². The maximum atomic E-state index is 12.6. The summed E-state index contributed by atoms with van der Waals surface area (Å²) in [6, 6.07) is 3.40. The number of hydrogen-bond donors (Lipinski definition) is 0. The van der Waals surface area contributed by atoms with Crippen LogP contribution >= 0.6 is 19.8 Å². The Kier molecular flexibility index (Phi) is 5.71. The van der Waals surface area contributed by atoms with Crippen molar-refractivity contribution in [1.29, 1.82) is 0 Å². The van der Waals surface area contributed by atoms with Crippen LogP contribution < -0.4 is 14.6 Å². The molecule has 1 fully saturated rings. The van der Waals surface area contributed by atoms with Gasteiger partial charge in [-0.3, -0.25) is 0 Å². The smallest absolute Gasteiger partial charge is 0.147 e. The van der Waals surface area contributed by atoms with Crippen LogP contribution in [0, 0.1) is 0 Å². The first-order chi connectivity index (χ1) is 9.67. The fourth-order valence-electron chi connectivity index (χ4n) is 2.55. The van der Waals surface area contributed by atoms with E-state index in [0.717, 1.165) is 21.0 Å². The topological polar surface area (TPSA) is 41.5 Å². The molecule has 1 aromatic rings. The second-order valence-corrected chi connectivity index (χ2v) is 6.69. The molecule has 0 radical (unpaired) electrons. The molecule has 0 N–H and O–H groups in total. The number of methoxy groups -OCH3 is 2. The van der Waals surface area contributed by atoms with Crippen molar-refractivity contribution in [2.45, 2.75) is 37.8 Å². The van der Waals surface area contributed by atoms with E-state index in [2.05, 4.69) is 0 Å². The summed E-state index contributed by atoms with van der Waals surface area (Å²) in [6.07, 6.45) is 5.96. The molecule has 1 aliphatic carbocycles. The van der Waals surface area contributed by atoms with E-state index in [-0.39, 0.29) is 5.48 Å². The second-order valence-electron chi connectivity index (χ2n) is 4.88. The lowest BCUT2D eigenvalue weighted by Gasteiger charge is -2.24. The fraction of sp³-hybridized carbons (Fsp3) is 0.533. The van der Waals surface area contributed by atoms with Crippen LogP contribution in [0.3, 0.4) is 0 Å². The molecule has 3 nitrogen and oxygen atoms in total. The monoisotopic (exact) mass is 313 g/mol. The highest BCUT2D eigenvalue weighted by atomic mass is 35.5. The van der Waals surface area contributed by atoms with E-state index in [0.29, 0.717) is 27.7 Å². The van der Waals surface area contributed by atoms with Gasteiger partial charge in [0.15, 0.2) is 0 Å². The minimum atomic E-state index is 0.0353. The Bertz CT molecular complexity index is 496. The van der Waals surface area contributed by atoms with Crippen molar-refractivity contribution in [3.8, 4) is 11.5 Å². The Balaban J connectivity index is 2.38. The predicted molar refractivity (Wildman–Crippen MR) is 82.5 cm³/mol. The van der Waals surface area contributed by atoms with Crippen molar-refractivity contribution in [3.05, 3.63) is 22.7 Å². The molecule has 0 spiro atoms. The minimum Gasteiger partial charge on any atom is -0.823 e. The average Bonchev–Trinajstić information content (AvgIpc) is 2.47. The maximum Gasteiger partial charge on any atom is 0.147 e. The zero-order chi connectivity index (χ0) is 14.5. The molecule has 0 saturated heterocycles. The molecule has 110 valence electrons. The Morgan fingerprint density at radius 2 is 1.90 bits per heavy atom. The van der Waals surface area contributed by atoms with Crippen molar-refractivity contribution in [2.75, 3.05) is 14.2 Å². The lowest BCUT2D eigenvalue weighted by Crippen LogP contribution is -2.20. The van der Waals surface area contributed by atoms with Crippen LogP contribution in [0.2, 0.25) is 5.02 Å². The van der Waals surface area contributed by atoms with E-state index < -0.39 is 0 Å². The van der Waals surface area contributed by atoms with Gasteiger partial charge in [-0.1, -0.05) is 30.9 Å². The quantitative estimate of drug-likeness (QED) is 0.799. The standard InChI is InChI=1S/C15H20ClO3P/c1-18-12-9-8-11(16)14(19-2)13(12)15(17)20-10-6-4-3-5-7-10/h8-10,17H,3-7H2,1-2H3/p-1. The van der Waals surface area contributed by atoms with Crippen molar-refractivity contribution in [1.82, 2.24) is 0 Å². The van der Waals surface area contributed by atoms with Crippen molar-refractivity contribution in [2.24, 2.45) is 0 Å². The van der Waals surface area contributed by atoms with E-state index >= 15 is 0 Å². The van der Waals surface area contributed by atoms with Gasteiger partial charge in [-0.2, -0.15) is 0 Å². The van der Waals surface area contributed by atoms with Gasteiger partial charge in [0.1, 0.15) is 11.5 Å². The molecular weight excluding hydrogens is 295 g/mol. The zero-order valence-electron chi connectivity index (χ0n) is 11.8. The molecule has 1 aliphatic rings. The average molecular weight is 314 g/mol. The van der Waals surface area contributed by atoms with Crippen molar-refractivity contribution < 1.29 is 14.6 Å². The van der Waals surface area contributed by atoms with Gasteiger partial charge < -0.3 is 14.6 Å². The normalized spacial score (nSPS) is 17.1. The molecule has 5 heteroatoms. The molecule has 0 unspecified atom stereocenters. The molecule has 0 atom stereocenters. The number of rotatable bonds is 4. The molecule has 0 aliphatic heterocycles. The van der Waals surface area contributed by atoms with E-state index in [1.165, 1.54) is 26.4 Å². The molecule has 0 heterocycles. The van der Waals surface area contributed by atoms with Crippen molar-refractivity contribution in [3.63, 3.8) is 0 Å². The van der Waals surface area contributed by atoms with Crippen LogP contribution in [-0.2, 0) is 0 Å². The predicted octanol–water partition coefficient (Wildman–Crippen LogP) is 3.47. The van der Waals surface area contributed by atoms with Crippen LogP contribution in [-0.4, -0.2) is 25.4 Å². The summed E-state index contributed by atoms with van der Waals surface area (Å²) in [7, 11) is 3.90. The summed E-state index contributed by atoms with van der Waals surface area (Å²) in [6.45, 7) is 0. The molecular formula is C15H19ClO3P-. The Morgan fingerprint density at radius 3 is 2.50 bits per heavy atom. The summed E-state index contributed by atoms with van der Waals surface area (Å²) in [4.78, 5) is 0. The SMILES string of the molecule is COc1ccc(Cl)c(OC)c1C([O-])=PC1CCCCC1. The van der Waals surface area contributed by atoms with E-state index in [1.54, 1.807) is 19.2 Å². The van der Waals surface area contributed by atoms with Gasteiger partial charge in [0, 0.05) is 0 Å². The molecule has 1 saturated carbocycles. The number of halogens is 1. The van der Waals surface area contributed by atoms with Gasteiger partial charge in [-0.05, 0) is 30.6 Å². The van der Waals surface area contributed by atoms with Crippen LogP contribution in [0.15, 0.2) is 12.1 Å². The van der Waals surface area contributed by atoms with E-state index in [1.807, 2.05) is 0 Å². The third-order valence-corrected chi connectivity index (χ3v) is 5.22. The highest BCUT2D eigenvalue weighted by Gasteiger charge is 2.16. The molecule has 2 rings (SSSR count). The van der Waals surface area contributed by atoms with Crippen molar-refractivity contribution >= 4 is 25.3 Å². The Morgan fingerprint density at radius 1 is 1.20 bits per heavy atom. The number of hydrogen-bond acceptors (Lipinski definition) is 3. The first kappa shape index (κ1) is 15.6. The lowest BCUT2D eigenvalue weighted by molar-refractivity contribution is -0.207. The van der Waals surface area contributed by atoms with Crippen LogP contribution in [0.1, 0.15) is 37.7 Å². The van der Waals surface area contributed by atoms with Gasteiger partial charge >= 0.3 is 0 Å². The third kappa shape index (κ3) is 3.46. The highest BCUT2D eigenvalue weighted by Crippen LogP contribution is 2.37. The van der Waals surface area contributed by atoms with E-state index in [4.69, 9.17) is 21.1 Å². The number of ether oxygens (including phenoxy) is 2. The molecule has 1 aromatic carbocycles. The van der Waals surface area contributed by atoms with Crippen LogP contribution in [0.5, 0.6) is 11.5 Å². The molecule has 0 aromatic heterocycles. The molecule has 20 heavy (non-hydrogen) atoms. The summed E-state index contributed by atoms with van der Waals surface area (Å²) < 4.78 is 10.6. The summed E-state index contributed by atoms with van der Waals surface area (Å²) in [5.41, 5.74) is 0.951. The van der Waals surface area contributed by atoms with E-state index in [9.17, 15) is 5.11 Å². The maximum absolute atomic E-state index is 12.6. The van der Waals surface area contributed by atoms with Gasteiger partial charge in [0.2, 0.25) is 0 Å². The highest BCUT2D eigenvalue weighted by molar-refractivity contribution is 7.41. The minimum absolute atomic E-state index is 0.0353. The fourth-order valence-corrected chi connectivity index (χ4v) is 4.08. The first-order valence-corrected chi connectivity index (χ1v) is 8.17. The lowest BCUT2D eigenvalue weighted by atomic mass is 10.0. The molecule has 0 amide bonds. The molecule has 0 bridgehead atoms. The Labute approximate surface area is 126 Å². The van der Waals surface area contributed by atoms with Crippen LogP contribution in [0.25, 0.3) is 0 Å². The van der Waals surface area contributed by atoms with Gasteiger partial charge in [0.05, 0.1) is 24.8 Å². The van der Waals surface area contributed by atoms with Crippen LogP contribution in [0.4, 0.5) is 0 Å². The largest absolute Gasteiger partial charge is 0.823 e. The van der Waals surface area contributed by atoms with Gasteiger partial charge in [-0.15, -0.1) is 13.7 Å². The summed E-state index contributed by atoms with van der Waals surface area (Å²) in [5.74, 6) is 0.943. The third-order valence-electron chi connectivity index (χ3n) is 3.58. The second kappa shape index (κ2) is 7.31. The zero-order valence-corrected chi connectivity index (χ0v) is 13.5.